The van der Waals surface area contributed by atoms with Crippen molar-refractivity contribution in [2.24, 2.45) is 0 Å². The van der Waals surface area contributed by atoms with Crippen LogP contribution in [0.25, 0.3) is 5.57 Å². The number of benzene rings is 1. The molecule has 0 bridgehead atoms. The molecule has 1 heterocycles. The van der Waals surface area contributed by atoms with Gasteiger partial charge in [0.2, 0.25) is 0 Å². The number of hydrogen-bond acceptors (Lipinski definition) is 5. The molecule has 7 nitrogen and oxygen atoms in total. The minimum Gasteiger partial charge on any atom is -0.480 e. The Morgan fingerprint density at radius 1 is 1.29 bits per heavy atom. The number of hydrogen-bond donors (Lipinski definition) is 2. The van der Waals surface area contributed by atoms with E-state index in [1.54, 1.807) is 0 Å². The van der Waals surface area contributed by atoms with Crippen LogP contribution in [0.1, 0.15) is 11.1 Å². The fourth-order valence-electron chi connectivity index (χ4n) is 2.78. The highest BCUT2D eigenvalue weighted by atomic mass is 32.1. The summed E-state index contributed by atoms with van der Waals surface area (Å²) in [5.41, 5.74) is -1.43. The molecule has 0 aliphatic carbocycles. The lowest BCUT2D eigenvalue weighted by Crippen LogP contribution is -2.59. The van der Waals surface area contributed by atoms with Gasteiger partial charge in [-0.25, -0.2) is 9.59 Å². The molecule has 2 amide bonds. The normalized spacial score (nSPS) is 17.2. The summed E-state index contributed by atoms with van der Waals surface area (Å²) in [5, 5.41) is 9.41. The van der Waals surface area contributed by atoms with Gasteiger partial charge in [0.15, 0.2) is 0 Å². The highest BCUT2D eigenvalue weighted by Gasteiger charge is 2.39. The standard InChI is InChI=1S/C17H17F3N2O5S/c1-9(10-3-4-13(28)11(7-10)17(18,19)20)14(23)22-6-5-21(16(26)27-2)8-12(22)15(24)25/h3-4,7,12,28H,1,5-6,8H2,2H3,(H,24,25). The molecule has 28 heavy (non-hydrogen) atoms. The van der Waals surface area contributed by atoms with E-state index in [4.69, 9.17) is 0 Å². The molecule has 0 radical (unpaired) electrons. The van der Waals surface area contributed by atoms with Gasteiger partial charge in [-0.3, -0.25) is 4.79 Å². The Kier molecular flexibility index (Phi) is 6.27. The predicted molar refractivity (Wildman–Crippen MR) is 94.8 cm³/mol. The van der Waals surface area contributed by atoms with Crippen LogP contribution in [0, 0.1) is 0 Å². The molecule has 1 saturated heterocycles. The summed E-state index contributed by atoms with van der Waals surface area (Å²) in [4.78, 5) is 37.7. The summed E-state index contributed by atoms with van der Waals surface area (Å²) in [5.74, 6) is -2.20. The van der Waals surface area contributed by atoms with Crippen molar-refractivity contribution in [1.29, 1.82) is 0 Å². The number of carbonyl (C=O) groups excluding carboxylic acids is 2. The Labute approximate surface area is 163 Å². The van der Waals surface area contributed by atoms with Crippen molar-refractivity contribution in [1.82, 2.24) is 9.80 Å². The molecule has 1 N–H and O–H groups in total. The monoisotopic (exact) mass is 418 g/mol. The van der Waals surface area contributed by atoms with Gasteiger partial charge in [0, 0.05) is 23.6 Å². The quantitative estimate of drug-likeness (QED) is 0.582. The molecule has 1 fully saturated rings. The Morgan fingerprint density at radius 2 is 1.93 bits per heavy atom. The first-order chi connectivity index (χ1) is 13.0. The molecular formula is C17H17F3N2O5S. The average molecular weight is 418 g/mol. The lowest BCUT2D eigenvalue weighted by Gasteiger charge is -2.38. The van der Waals surface area contributed by atoms with Crippen LogP contribution in [-0.4, -0.2) is 65.7 Å². The summed E-state index contributed by atoms with van der Waals surface area (Å²) in [7, 11) is 1.14. The lowest BCUT2D eigenvalue weighted by atomic mass is 10.0. The highest BCUT2D eigenvalue weighted by Crippen LogP contribution is 2.35. The number of alkyl halides is 3. The molecular weight excluding hydrogens is 401 g/mol. The summed E-state index contributed by atoms with van der Waals surface area (Å²) in [6, 6.07) is 1.69. The number of carbonyl (C=O) groups is 3. The Hall–Kier alpha value is -2.69. The largest absolute Gasteiger partial charge is 0.480 e. The summed E-state index contributed by atoms with van der Waals surface area (Å²) >= 11 is 3.77. The number of amides is 2. The number of thiol groups is 1. The lowest BCUT2D eigenvalue weighted by molar-refractivity contribution is -0.150. The van der Waals surface area contributed by atoms with Crippen molar-refractivity contribution < 1.29 is 37.4 Å². The Morgan fingerprint density at radius 3 is 2.46 bits per heavy atom. The van der Waals surface area contributed by atoms with E-state index in [0.29, 0.717) is 0 Å². The van der Waals surface area contributed by atoms with Gasteiger partial charge in [-0.1, -0.05) is 12.6 Å². The van der Waals surface area contributed by atoms with Crippen molar-refractivity contribution in [2.45, 2.75) is 17.1 Å². The van der Waals surface area contributed by atoms with Crippen LogP contribution >= 0.6 is 12.6 Å². The molecule has 0 saturated carbocycles. The molecule has 0 aromatic heterocycles. The molecule has 0 spiro atoms. The summed E-state index contributed by atoms with van der Waals surface area (Å²) in [6.07, 6.45) is -5.41. The second-order valence-corrected chi connectivity index (χ2v) is 6.46. The summed E-state index contributed by atoms with van der Waals surface area (Å²) < 4.78 is 43.7. The van der Waals surface area contributed by atoms with Gasteiger partial charge >= 0.3 is 18.2 Å². The Balaban J connectivity index is 2.28. The topological polar surface area (TPSA) is 87.2 Å². The summed E-state index contributed by atoms with van der Waals surface area (Å²) in [6.45, 7) is 3.09. The van der Waals surface area contributed by atoms with Crippen molar-refractivity contribution >= 4 is 36.2 Å². The third-order valence-corrected chi connectivity index (χ3v) is 4.66. The molecule has 1 aliphatic rings. The molecule has 152 valence electrons. The average Bonchev–Trinajstić information content (AvgIpc) is 2.65. The van der Waals surface area contributed by atoms with Crippen LogP contribution in [0.3, 0.4) is 0 Å². The zero-order valence-corrected chi connectivity index (χ0v) is 15.6. The number of aliphatic carboxylic acids is 1. The van der Waals surface area contributed by atoms with E-state index >= 15 is 0 Å². The van der Waals surface area contributed by atoms with Crippen molar-refractivity contribution in [3.05, 3.63) is 35.9 Å². The predicted octanol–water partition coefficient (Wildman–Crippen LogP) is 2.37. The van der Waals surface area contributed by atoms with Gasteiger partial charge in [-0.05, 0) is 17.7 Å². The second kappa shape index (κ2) is 8.13. The first-order valence-corrected chi connectivity index (χ1v) is 8.38. The molecule has 1 aliphatic heterocycles. The van der Waals surface area contributed by atoms with Gasteiger partial charge in [-0.2, -0.15) is 13.2 Å². The minimum atomic E-state index is -4.67. The number of carboxylic acid groups (broad SMARTS) is 1. The van der Waals surface area contributed by atoms with E-state index in [9.17, 15) is 32.7 Å². The van der Waals surface area contributed by atoms with Crippen molar-refractivity contribution in [3.8, 4) is 0 Å². The maximum Gasteiger partial charge on any atom is 0.417 e. The van der Waals surface area contributed by atoms with Gasteiger partial charge in [0.25, 0.3) is 5.91 Å². The van der Waals surface area contributed by atoms with Gasteiger partial charge < -0.3 is 19.6 Å². The zero-order chi connectivity index (χ0) is 21.2. The van der Waals surface area contributed by atoms with Gasteiger partial charge in [-0.15, -0.1) is 12.6 Å². The number of halogens is 3. The molecule has 1 atom stereocenters. The number of carboxylic acids is 1. The van der Waals surface area contributed by atoms with E-state index in [1.807, 2.05) is 0 Å². The van der Waals surface area contributed by atoms with Crippen LogP contribution in [0.2, 0.25) is 0 Å². The zero-order valence-electron chi connectivity index (χ0n) is 14.7. The third-order valence-electron chi connectivity index (χ3n) is 4.27. The molecule has 1 aromatic carbocycles. The van der Waals surface area contributed by atoms with E-state index in [1.165, 1.54) is 6.07 Å². The molecule has 1 unspecified atom stereocenters. The smallest absolute Gasteiger partial charge is 0.417 e. The first kappa shape index (κ1) is 21.6. The molecule has 11 heteroatoms. The van der Waals surface area contributed by atoms with Gasteiger partial charge in [0.1, 0.15) is 6.04 Å². The van der Waals surface area contributed by atoms with Gasteiger partial charge in [0.05, 0.1) is 19.2 Å². The van der Waals surface area contributed by atoms with Crippen LogP contribution in [0.15, 0.2) is 29.7 Å². The van der Waals surface area contributed by atoms with E-state index in [0.717, 1.165) is 29.0 Å². The first-order valence-electron chi connectivity index (χ1n) is 7.93. The number of piperazine rings is 1. The number of nitrogens with zero attached hydrogens (tertiary/aromatic N) is 2. The fourth-order valence-corrected chi connectivity index (χ4v) is 3.05. The van der Waals surface area contributed by atoms with Crippen molar-refractivity contribution in [2.75, 3.05) is 26.7 Å². The van der Waals surface area contributed by atoms with Crippen LogP contribution in [0.5, 0.6) is 0 Å². The third kappa shape index (κ3) is 4.41. The molecule has 1 aromatic rings. The minimum absolute atomic E-state index is 0.0128. The SMILES string of the molecule is C=C(C(=O)N1CCN(C(=O)OC)CC1C(=O)O)c1ccc(S)c(C(F)(F)F)c1. The second-order valence-electron chi connectivity index (χ2n) is 5.98. The maximum atomic E-state index is 13.1. The van der Waals surface area contributed by atoms with E-state index < -0.39 is 35.8 Å². The van der Waals surface area contributed by atoms with E-state index in [2.05, 4.69) is 23.9 Å². The Bertz CT molecular complexity index is 828. The van der Waals surface area contributed by atoms with Crippen LogP contribution in [0.4, 0.5) is 18.0 Å². The number of rotatable bonds is 3. The van der Waals surface area contributed by atoms with E-state index in [-0.39, 0.29) is 35.7 Å². The molecule has 2 rings (SSSR count). The van der Waals surface area contributed by atoms with Crippen LogP contribution in [-0.2, 0) is 20.5 Å². The van der Waals surface area contributed by atoms with Crippen LogP contribution < -0.4 is 0 Å². The van der Waals surface area contributed by atoms with Crippen molar-refractivity contribution in [3.63, 3.8) is 0 Å². The number of ether oxygens (including phenoxy) is 1. The number of methoxy groups -OCH3 is 1. The fraction of sp³-hybridized carbons (Fsp3) is 0.353. The highest BCUT2D eigenvalue weighted by molar-refractivity contribution is 7.80. The maximum absolute atomic E-state index is 13.1.